The highest BCUT2D eigenvalue weighted by Crippen LogP contribution is 2.26. The summed E-state index contributed by atoms with van der Waals surface area (Å²) < 4.78 is 12.8. The number of esters is 1. The summed E-state index contributed by atoms with van der Waals surface area (Å²) in [6, 6.07) is 11.9. The predicted molar refractivity (Wildman–Crippen MR) is 104 cm³/mol. The van der Waals surface area contributed by atoms with Gasteiger partial charge in [-0.1, -0.05) is 29.8 Å². The van der Waals surface area contributed by atoms with Crippen LogP contribution in [-0.2, 0) is 22.5 Å². The fourth-order valence-corrected chi connectivity index (χ4v) is 3.24. The maximum Gasteiger partial charge on any atom is 0.310 e. The van der Waals surface area contributed by atoms with Crippen LogP contribution in [0.2, 0.25) is 5.02 Å². The second-order valence-electron chi connectivity index (χ2n) is 6.34. The van der Waals surface area contributed by atoms with Crippen LogP contribution in [0.1, 0.15) is 16.7 Å². The monoisotopic (exact) mass is 371 g/mol. The lowest BCUT2D eigenvalue weighted by molar-refractivity contribution is -0.139. The van der Waals surface area contributed by atoms with Gasteiger partial charge in [0.1, 0.15) is 12.4 Å². The molecule has 5 heteroatoms. The molecule has 26 heavy (non-hydrogen) atoms. The van der Waals surface area contributed by atoms with Gasteiger partial charge in [-0.25, -0.2) is 0 Å². The van der Waals surface area contributed by atoms with Crippen molar-refractivity contribution in [3.63, 3.8) is 0 Å². The fraction of sp³-hybridized carbons (Fsp3) is 0.286. The topological polar surface area (TPSA) is 40.5 Å². The van der Waals surface area contributed by atoms with Crippen molar-refractivity contribution in [2.24, 2.45) is 0 Å². The normalized spacial score (nSPS) is 10.9. The molecule has 3 rings (SSSR count). The average Bonchev–Trinajstić information content (AvgIpc) is 2.97. The average molecular weight is 372 g/mol. The number of ether oxygens (including phenoxy) is 2. The molecule has 0 unspecified atom stereocenters. The van der Waals surface area contributed by atoms with Crippen LogP contribution in [0.3, 0.4) is 0 Å². The Labute approximate surface area is 158 Å². The first-order valence-corrected chi connectivity index (χ1v) is 8.90. The zero-order valence-corrected chi connectivity index (χ0v) is 16.0. The second kappa shape index (κ2) is 7.83. The molecule has 0 aliphatic carbocycles. The Balaban J connectivity index is 1.76. The Bertz CT molecular complexity index is 923. The number of halogens is 1. The number of rotatable bonds is 6. The van der Waals surface area contributed by atoms with Gasteiger partial charge in [-0.15, -0.1) is 0 Å². The van der Waals surface area contributed by atoms with E-state index in [1.807, 2.05) is 56.4 Å². The van der Waals surface area contributed by atoms with E-state index in [1.54, 1.807) is 0 Å². The van der Waals surface area contributed by atoms with Crippen molar-refractivity contribution in [3.05, 3.63) is 64.3 Å². The Morgan fingerprint density at radius 3 is 2.54 bits per heavy atom. The summed E-state index contributed by atoms with van der Waals surface area (Å²) in [6.07, 6.45) is 2.27. The summed E-state index contributed by atoms with van der Waals surface area (Å²) in [6.45, 7) is 5.15. The van der Waals surface area contributed by atoms with E-state index in [2.05, 4.69) is 4.57 Å². The lowest BCUT2D eigenvalue weighted by Gasteiger charge is -2.11. The molecular weight excluding hydrogens is 350 g/mol. The summed E-state index contributed by atoms with van der Waals surface area (Å²) >= 11 is 6.20. The smallest absolute Gasteiger partial charge is 0.310 e. The number of nitrogens with zero attached hydrogens (tertiary/aromatic N) is 1. The van der Waals surface area contributed by atoms with Crippen molar-refractivity contribution in [3.8, 4) is 5.75 Å². The molecule has 1 aromatic heterocycles. The van der Waals surface area contributed by atoms with Gasteiger partial charge in [0.15, 0.2) is 0 Å². The third kappa shape index (κ3) is 3.86. The first kappa shape index (κ1) is 18.3. The van der Waals surface area contributed by atoms with Crippen LogP contribution in [0, 0.1) is 13.8 Å². The lowest BCUT2D eigenvalue weighted by atomic mass is 10.1. The molecule has 0 saturated heterocycles. The molecule has 0 fully saturated rings. The first-order valence-electron chi connectivity index (χ1n) is 8.52. The molecule has 3 aromatic rings. The van der Waals surface area contributed by atoms with Gasteiger partial charge in [0, 0.05) is 22.1 Å². The SMILES string of the molecule is COC(=O)Cc1cn(CCOc2cc(C)c(Cl)c(C)c2)c2ccccc12. The highest BCUT2D eigenvalue weighted by molar-refractivity contribution is 6.32. The summed E-state index contributed by atoms with van der Waals surface area (Å²) in [5.74, 6) is 0.576. The maximum absolute atomic E-state index is 11.7. The minimum atomic E-state index is -0.240. The highest BCUT2D eigenvalue weighted by Gasteiger charge is 2.12. The molecule has 0 aliphatic heterocycles. The van der Waals surface area contributed by atoms with E-state index in [0.717, 1.165) is 38.4 Å². The van der Waals surface area contributed by atoms with Gasteiger partial charge >= 0.3 is 5.97 Å². The number of para-hydroxylation sites is 1. The molecular formula is C21H22ClNO3. The molecule has 0 spiro atoms. The quantitative estimate of drug-likeness (QED) is 0.589. The molecule has 2 aromatic carbocycles. The molecule has 4 nitrogen and oxygen atoms in total. The lowest BCUT2D eigenvalue weighted by Crippen LogP contribution is -2.08. The Hall–Kier alpha value is -2.46. The van der Waals surface area contributed by atoms with Crippen molar-refractivity contribution >= 4 is 28.5 Å². The van der Waals surface area contributed by atoms with Crippen LogP contribution in [0.15, 0.2) is 42.6 Å². The van der Waals surface area contributed by atoms with Crippen molar-refractivity contribution < 1.29 is 14.3 Å². The predicted octanol–water partition coefficient (Wildman–Crippen LogP) is 4.71. The van der Waals surface area contributed by atoms with E-state index >= 15 is 0 Å². The molecule has 0 bridgehead atoms. The van der Waals surface area contributed by atoms with Gasteiger partial charge < -0.3 is 14.0 Å². The van der Waals surface area contributed by atoms with E-state index in [1.165, 1.54) is 7.11 Å². The number of aromatic nitrogens is 1. The maximum atomic E-state index is 11.7. The van der Waals surface area contributed by atoms with Gasteiger partial charge in [0.05, 0.1) is 20.1 Å². The van der Waals surface area contributed by atoms with E-state index < -0.39 is 0 Å². The van der Waals surface area contributed by atoms with E-state index in [9.17, 15) is 4.79 Å². The molecule has 1 heterocycles. The van der Waals surface area contributed by atoms with Crippen LogP contribution in [0.4, 0.5) is 0 Å². The largest absolute Gasteiger partial charge is 0.492 e. The standard InChI is InChI=1S/C21H22ClNO3/c1-14-10-17(11-15(2)21(14)22)26-9-8-23-13-16(12-20(24)25-3)18-6-4-5-7-19(18)23/h4-7,10-11,13H,8-9,12H2,1-3H3. The number of carbonyl (C=O) groups is 1. The van der Waals surface area contributed by atoms with E-state index in [4.69, 9.17) is 21.1 Å². The van der Waals surface area contributed by atoms with Gasteiger partial charge in [-0.2, -0.15) is 0 Å². The first-order chi connectivity index (χ1) is 12.5. The number of aryl methyl sites for hydroxylation is 2. The van der Waals surface area contributed by atoms with Gasteiger partial charge in [-0.3, -0.25) is 4.79 Å². The minimum absolute atomic E-state index is 0.240. The molecule has 0 radical (unpaired) electrons. The Morgan fingerprint density at radius 2 is 1.85 bits per heavy atom. The van der Waals surface area contributed by atoms with E-state index in [-0.39, 0.29) is 12.4 Å². The highest BCUT2D eigenvalue weighted by atomic mass is 35.5. The zero-order chi connectivity index (χ0) is 18.7. The van der Waals surface area contributed by atoms with Crippen LogP contribution in [0.25, 0.3) is 10.9 Å². The number of hydrogen-bond donors (Lipinski definition) is 0. The van der Waals surface area contributed by atoms with Gasteiger partial charge in [-0.05, 0) is 48.7 Å². The third-order valence-corrected chi connectivity index (χ3v) is 5.04. The molecule has 136 valence electrons. The van der Waals surface area contributed by atoms with Crippen molar-refractivity contribution in [2.45, 2.75) is 26.8 Å². The summed E-state index contributed by atoms with van der Waals surface area (Å²) in [4.78, 5) is 11.7. The van der Waals surface area contributed by atoms with Crippen molar-refractivity contribution in [2.75, 3.05) is 13.7 Å². The molecule has 0 atom stereocenters. The fourth-order valence-electron chi connectivity index (χ4n) is 3.13. The van der Waals surface area contributed by atoms with E-state index in [0.29, 0.717) is 13.2 Å². The van der Waals surface area contributed by atoms with Crippen LogP contribution < -0.4 is 4.74 Å². The Kier molecular flexibility index (Phi) is 5.52. The minimum Gasteiger partial charge on any atom is -0.492 e. The Morgan fingerprint density at radius 1 is 1.15 bits per heavy atom. The zero-order valence-electron chi connectivity index (χ0n) is 15.2. The second-order valence-corrected chi connectivity index (χ2v) is 6.72. The third-order valence-electron chi connectivity index (χ3n) is 4.44. The van der Waals surface area contributed by atoms with Crippen LogP contribution >= 0.6 is 11.6 Å². The van der Waals surface area contributed by atoms with Crippen LogP contribution in [-0.4, -0.2) is 24.3 Å². The van der Waals surface area contributed by atoms with Gasteiger partial charge in [0.2, 0.25) is 0 Å². The summed E-state index contributed by atoms with van der Waals surface area (Å²) in [5, 5.41) is 1.84. The van der Waals surface area contributed by atoms with Crippen molar-refractivity contribution in [1.29, 1.82) is 0 Å². The molecule has 0 saturated carbocycles. The molecule has 0 aliphatic rings. The molecule has 0 amide bonds. The number of hydrogen-bond acceptors (Lipinski definition) is 3. The summed E-state index contributed by atoms with van der Waals surface area (Å²) in [7, 11) is 1.41. The number of carbonyl (C=O) groups excluding carboxylic acids is 1. The number of benzene rings is 2. The van der Waals surface area contributed by atoms with Gasteiger partial charge in [0.25, 0.3) is 0 Å². The van der Waals surface area contributed by atoms with Crippen LogP contribution in [0.5, 0.6) is 5.75 Å². The number of methoxy groups -OCH3 is 1. The summed E-state index contributed by atoms with van der Waals surface area (Å²) in [5.41, 5.74) is 4.06. The number of fused-ring (bicyclic) bond motifs is 1. The van der Waals surface area contributed by atoms with Crippen molar-refractivity contribution in [1.82, 2.24) is 4.57 Å². The molecule has 0 N–H and O–H groups in total.